The van der Waals surface area contributed by atoms with Crippen molar-refractivity contribution in [1.82, 2.24) is 9.62 Å². The number of nitrogens with zero attached hydrogens (tertiary/aromatic N) is 1. The number of piperidine rings is 1. The van der Waals surface area contributed by atoms with Crippen molar-refractivity contribution in [3.8, 4) is 11.5 Å². The Kier molecular flexibility index (Phi) is 8.94. The average Bonchev–Trinajstić information content (AvgIpc) is 3.49. The number of benzene rings is 3. The van der Waals surface area contributed by atoms with Crippen LogP contribution in [0.1, 0.15) is 44.1 Å². The highest BCUT2D eigenvalue weighted by Crippen LogP contribution is 2.38. The Labute approximate surface area is 249 Å². The number of nitrogens with one attached hydrogen (secondary N) is 1. The summed E-state index contributed by atoms with van der Waals surface area (Å²) < 4.78 is 72.6. The summed E-state index contributed by atoms with van der Waals surface area (Å²) in [6.45, 7) is 0.277. The summed E-state index contributed by atoms with van der Waals surface area (Å²) in [4.78, 5) is 14.5. The largest absolute Gasteiger partial charge is 0.495 e. The molecule has 1 aliphatic heterocycles. The zero-order valence-electron chi connectivity index (χ0n) is 23.2. The van der Waals surface area contributed by atoms with Gasteiger partial charge in [-0.25, -0.2) is 8.42 Å². The van der Waals surface area contributed by atoms with Gasteiger partial charge >= 0.3 is 0 Å². The van der Waals surface area contributed by atoms with Crippen LogP contribution in [0.5, 0.6) is 11.5 Å². The molecule has 1 aliphatic carbocycles. The van der Waals surface area contributed by atoms with Gasteiger partial charge in [0.2, 0.25) is 15.9 Å². The van der Waals surface area contributed by atoms with Gasteiger partial charge in [0.25, 0.3) is 5.92 Å². The van der Waals surface area contributed by atoms with Crippen LogP contribution in [0.4, 0.5) is 8.78 Å². The molecule has 3 N–H and O–H groups in total. The molecule has 2 fully saturated rings. The lowest BCUT2D eigenvalue weighted by atomic mass is 9.98. The topological polar surface area (TPSA) is 111 Å². The second-order valence-corrected chi connectivity index (χ2v) is 13.0. The van der Waals surface area contributed by atoms with Gasteiger partial charge in [-0.3, -0.25) is 4.79 Å². The first-order valence-electron chi connectivity index (χ1n) is 14.0. The SMILES string of the molecule is COc1cc(C(F)(F)[C@@H](NS(=O)(=O)c2ccc3cc(OC4CCCC4)ccc3c2)C(=O)N2CCC(N)CC2)ccc1Cl. The second kappa shape index (κ2) is 12.3. The van der Waals surface area contributed by atoms with Crippen molar-refractivity contribution in [2.45, 2.75) is 67.5 Å². The number of carbonyl (C=O) groups is 1. The first kappa shape index (κ1) is 30.5. The van der Waals surface area contributed by atoms with Crippen molar-refractivity contribution in [2.75, 3.05) is 20.2 Å². The Morgan fingerprint density at radius 3 is 2.38 bits per heavy atom. The number of halogens is 3. The molecule has 5 rings (SSSR count). The van der Waals surface area contributed by atoms with Crippen LogP contribution >= 0.6 is 11.6 Å². The van der Waals surface area contributed by atoms with Crippen molar-refractivity contribution >= 4 is 38.3 Å². The Bertz CT molecular complexity index is 1560. The van der Waals surface area contributed by atoms with E-state index in [2.05, 4.69) is 0 Å². The molecular weight excluding hydrogens is 588 g/mol. The summed E-state index contributed by atoms with van der Waals surface area (Å²) in [5.74, 6) is -4.34. The maximum atomic E-state index is 16.1. The van der Waals surface area contributed by atoms with Crippen LogP contribution in [-0.4, -0.2) is 57.6 Å². The van der Waals surface area contributed by atoms with Crippen LogP contribution < -0.4 is 19.9 Å². The van der Waals surface area contributed by atoms with Crippen LogP contribution in [0.15, 0.2) is 59.5 Å². The number of hydrogen-bond donors (Lipinski definition) is 2. The van der Waals surface area contributed by atoms with E-state index in [0.29, 0.717) is 24.0 Å². The first-order valence-corrected chi connectivity index (χ1v) is 15.8. The first-order chi connectivity index (χ1) is 20.0. The highest BCUT2D eigenvalue weighted by atomic mass is 35.5. The molecule has 8 nitrogen and oxygen atoms in total. The van der Waals surface area contributed by atoms with Crippen LogP contribution in [-0.2, 0) is 20.7 Å². The van der Waals surface area contributed by atoms with Gasteiger partial charge in [-0.05, 0) is 85.7 Å². The summed E-state index contributed by atoms with van der Waals surface area (Å²) in [7, 11) is -3.31. The Morgan fingerprint density at radius 1 is 1.02 bits per heavy atom. The minimum Gasteiger partial charge on any atom is -0.495 e. The highest BCUT2D eigenvalue weighted by Gasteiger charge is 2.50. The molecule has 2 aliphatic rings. The Hall–Kier alpha value is -2.99. The standard InChI is InChI=1S/C30H34ClF2N3O5S/c1-40-27-18-21(8-11-26(27)31)30(32,33)28(29(37)36-14-12-22(34)13-15-36)35-42(38,39)25-10-7-19-16-24(9-6-20(19)17-25)41-23-4-2-3-5-23/h6-11,16-18,22-23,28,35H,2-5,12-15,34H2,1H3/t28-/m0/s1. The molecule has 0 unspecified atom stereocenters. The van der Waals surface area contributed by atoms with E-state index < -0.39 is 33.5 Å². The van der Waals surface area contributed by atoms with E-state index in [-0.39, 0.29) is 40.9 Å². The van der Waals surface area contributed by atoms with Crippen molar-refractivity contribution in [2.24, 2.45) is 5.73 Å². The zero-order valence-corrected chi connectivity index (χ0v) is 24.8. The fourth-order valence-electron chi connectivity index (χ4n) is 5.48. The lowest BCUT2D eigenvalue weighted by Gasteiger charge is -2.35. The summed E-state index contributed by atoms with van der Waals surface area (Å²) in [5.41, 5.74) is 5.32. The molecule has 226 valence electrons. The minimum absolute atomic E-state index is 0.0300. The van der Waals surface area contributed by atoms with Crippen molar-refractivity contribution in [3.05, 3.63) is 65.2 Å². The normalized spacial score (nSPS) is 17.9. The van der Waals surface area contributed by atoms with Crippen LogP contribution in [0.3, 0.4) is 0 Å². The minimum atomic E-state index is -4.58. The van der Waals surface area contributed by atoms with Crippen molar-refractivity contribution in [1.29, 1.82) is 0 Å². The van der Waals surface area contributed by atoms with Crippen molar-refractivity contribution in [3.63, 3.8) is 0 Å². The lowest BCUT2D eigenvalue weighted by molar-refractivity contribution is -0.145. The molecule has 0 spiro atoms. The van der Waals surface area contributed by atoms with E-state index in [1.807, 2.05) is 10.8 Å². The van der Waals surface area contributed by atoms with Crippen LogP contribution in [0, 0.1) is 0 Å². The van der Waals surface area contributed by atoms with Gasteiger partial charge in [0, 0.05) is 24.7 Å². The zero-order chi connectivity index (χ0) is 30.1. The Morgan fingerprint density at radius 2 is 1.69 bits per heavy atom. The fraction of sp³-hybridized carbons (Fsp3) is 0.433. The predicted octanol–water partition coefficient (Wildman–Crippen LogP) is 5.21. The molecule has 42 heavy (non-hydrogen) atoms. The van der Waals surface area contributed by atoms with E-state index in [1.165, 1.54) is 30.2 Å². The quantitative estimate of drug-likeness (QED) is 0.339. The van der Waals surface area contributed by atoms with Gasteiger partial charge < -0.3 is 20.1 Å². The van der Waals surface area contributed by atoms with E-state index in [9.17, 15) is 13.2 Å². The van der Waals surface area contributed by atoms with Gasteiger partial charge in [0.05, 0.1) is 23.1 Å². The van der Waals surface area contributed by atoms with Gasteiger partial charge in [0.1, 0.15) is 11.5 Å². The number of sulfonamides is 1. The van der Waals surface area contributed by atoms with Gasteiger partial charge in [0.15, 0.2) is 6.04 Å². The number of ether oxygens (including phenoxy) is 2. The monoisotopic (exact) mass is 621 g/mol. The van der Waals surface area contributed by atoms with Gasteiger partial charge in [-0.1, -0.05) is 29.8 Å². The summed E-state index contributed by atoms with van der Waals surface area (Å²) in [6, 6.07) is 10.3. The number of carbonyl (C=O) groups excluding carboxylic acids is 1. The van der Waals surface area contributed by atoms with E-state index in [0.717, 1.165) is 43.2 Å². The number of hydrogen-bond acceptors (Lipinski definition) is 6. The van der Waals surface area contributed by atoms with Gasteiger partial charge in [-0.2, -0.15) is 13.5 Å². The van der Waals surface area contributed by atoms with E-state index in [4.69, 9.17) is 26.8 Å². The molecule has 1 atom stereocenters. The molecule has 1 saturated heterocycles. The maximum absolute atomic E-state index is 16.1. The number of methoxy groups -OCH3 is 1. The lowest BCUT2D eigenvalue weighted by Crippen LogP contribution is -2.58. The van der Waals surface area contributed by atoms with Crippen LogP contribution in [0.2, 0.25) is 5.02 Å². The fourth-order valence-corrected chi connectivity index (χ4v) is 6.90. The van der Waals surface area contributed by atoms with E-state index >= 15 is 8.78 Å². The molecule has 1 amide bonds. The summed E-state index contributed by atoms with van der Waals surface area (Å²) >= 11 is 6.03. The second-order valence-electron chi connectivity index (χ2n) is 10.9. The van der Waals surface area contributed by atoms with Gasteiger partial charge in [-0.15, -0.1) is 0 Å². The number of amides is 1. The van der Waals surface area contributed by atoms with E-state index in [1.54, 1.807) is 18.2 Å². The molecule has 0 aromatic heterocycles. The van der Waals surface area contributed by atoms with Crippen molar-refractivity contribution < 1.29 is 31.5 Å². The molecule has 12 heteroatoms. The molecule has 0 radical (unpaired) electrons. The molecule has 3 aromatic rings. The average molecular weight is 622 g/mol. The number of nitrogens with two attached hydrogens (primary N) is 1. The summed E-state index contributed by atoms with van der Waals surface area (Å²) in [5, 5.41) is 1.41. The summed E-state index contributed by atoms with van der Waals surface area (Å²) in [6.07, 6.45) is 5.26. The molecule has 3 aromatic carbocycles. The smallest absolute Gasteiger partial charge is 0.298 e. The number of fused-ring (bicyclic) bond motifs is 1. The molecule has 1 heterocycles. The number of alkyl halides is 2. The third kappa shape index (κ3) is 6.49. The molecule has 1 saturated carbocycles. The maximum Gasteiger partial charge on any atom is 0.298 e. The third-order valence-electron chi connectivity index (χ3n) is 7.97. The highest BCUT2D eigenvalue weighted by molar-refractivity contribution is 7.89. The number of likely N-dealkylation sites (tertiary alicyclic amines) is 1. The molecular formula is C30H34ClF2N3O5S. The predicted molar refractivity (Wildman–Crippen MR) is 157 cm³/mol. The third-order valence-corrected chi connectivity index (χ3v) is 9.70. The molecule has 0 bridgehead atoms. The van der Waals surface area contributed by atoms with Crippen LogP contribution in [0.25, 0.3) is 10.8 Å². The number of rotatable bonds is 9. The Balaban J connectivity index is 1.46.